The van der Waals surface area contributed by atoms with Crippen molar-refractivity contribution in [3.63, 3.8) is 0 Å². The van der Waals surface area contributed by atoms with Gasteiger partial charge in [-0.3, -0.25) is 10.1 Å². The fourth-order valence-corrected chi connectivity index (χ4v) is 1.93. The van der Waals surface area contributed by atoms with Crippen molar-refractivity contribution in [1.29, 1.82) is 0 Å². The normalized spacial score (nSPS) is 9.76. The molecule has 0 radical (unpaired) electrons. The van der Waals surface area contributed by atoms with Crippen LogP contribution in [0, 0.1) is 10.1 Å². The number of nitrogens with one attached hydrogen (secondary N) is 2. The number of nitro benzene ring substituents is 1. The Balaban J connectivity index is 2.12. The van der Waals surface area contributed by atoms with E-state index in [0.717, 1.165) is 5.69 Å². The first-order chi connectivity index (χ1) is 10.1. The molecule has 2 rings (SSSR count). The highest BCUT2D eigenvalue weighted by Crippen LogP contribution is 2.29. The van der Waals surface area contributed by atoms with Gasteiger partial charge in [0, 0.05) is 11.8 Å². The average Bonchev–Trinajstić information content (AvgIpc) is 2.48. The van der Waals surface area contributed by atoms with Crippen LogP contribution in [0.25, 0.3) is 0 Å². The number of anilines is 2. The van der Waals surface area contributed by atoms with Crippen LogP contribution in [0.4, 0.5) is 17.1 Å². The zero-order valence-electron chi connectivity index (χ0n) is 11.2. The number of nitrogens with zero attached hydrogens (tertiary/aromatic N) is 1. The van der Waals surface area contributed by atoms with Crippen molar-refractivity contribution in [2.24, 2.45) is 0 Å². The maximum Gasteiger partial charge on any atom is 0.273 e. The molecule has 0 heterocycles. The molecule has 6 nitrogen and oxygen atoms in total. The number of methoxy groups -OCH3 is 1. The number of hydrogen-bond acceptors (Lipinski definition) is 4. The Hall–Kier alpha value is -2.67. The predicted octanol–water partition coefficient (Wildman–Crippen LogP) is 3.41. The van der Waals surface area contributed by atoms with E-state index >= 15 is 0 Å². The number of rotatable bonds is 4. The topological polar surface area (TPSA) is 76.4 Å². The van der Waals surface area contributed by atoms with Crippen molar-refractivity contribution in [2.75, 3.05) is 17.7 Å². The van der Waals surface area contributed by atoms with Gasteiger partial charge in [-0.1, -0.05) is 18.2 Å². The van der Waals surface area contributed by atoms with Gasteiger partial charge < -0.3 is 15.4 Å². The smallest absolute Gasteiger partial charge is 0.273 e. The summed E-state index contributed by atoms with van der Waals surface area (Å²) in [5, 5.41) is 17.1. The monoisotopic (exact) mass is 303 g/mol. The van der Waals surface area contributed by atoms with E-state index in [2.05, 4.69) is 10.6 Å². The molecule has 0 bridgehead atoms. The minimum Gasteiger partial charge on any atom is -0.494 e. The van der Waals surface area contributed by atoms with Crippen LogP contribution in [0.3, 0.4) is 0 Å². The number of non-ortho nitro benzene ring substituents is 1. The van der Waals surface area contributed by atoms with E-state index in [0.29, 0.717) is 16.5 Å². The molecule has 0 unspecified atom stereocenters. The van der Waals surface area contributed by atoms with Gasteiger partial charge in [0.2, 0.25) is 0 Å². The molecule has 2 aromatic rings. The Morgan fingerprint density at radius 2 is 1.90 bits per heavy atom. The second kappa shape index (κ2) is 6.67. The summed E-state index contributed by atoms with van der Waals surface area (Å²) in [6.07, 6.45) is 0. The van der Waals surface area contributed by atoms with Crippen LogP contribution >= 0.6 is 12.2 Å². The van der Waals surface area contributed by atoms with Gasteiger partial charge in [-0.15, -0.1) is 0 Å². The molecule has 2 N–H and O–H groups in total. The number of ether oxygens (including phenoxy) is 1. The summed E-state index contributed by atoms with van der Waals surface area (Å²) in [6.45, 7) is 0. The Bertz CT molecular complexity index is 662. The molecule has 0 atom stereocenters. The molecule has 0 fully saturated rings. The standard InChI is InChI=1S/C14H13N3O3S/c1-20-13-9-11(17(18)19)7-8-12(13)16-14(21)15-10-5-3-2-4-6-10/h2-9H,1H3,(H2,15,16,21). The van der Waals surface area contributed by atoms with Crippen LogP contribution in [0.15, 0.2) is 48.5 Å². The first kappa shape index (κ1) is 14.7. The highest BCUT2D eigenvalue weighted by atomic mass is 32.1. The second-order valence-electron chi connectivity index (χ2n) is 4.09. The molecule has 0 aliphatic rings. The molecule has 0 amide bonds. The maximum atomic E-state index is 10.7. The van der Waals surface area contributed by atoms with Crippen molar-refractivity contribution >= 4 is 34.4 Å². The first-order valence-corrected chi connectivity index (χ1v) is 6.46. The van der Waals surface area contributed by atoms with Gasteiger partial charge in [-0.25, -0.2) is 0 Å². The van der Waals surface area contributed by atoms with Gasteiger partial charge >= 0.3 is 0 Å². The number of para-hydroxylation sites is 1. The van der Waals surface area contributed by atoms with Gasteiger partial charge in [0.15, 0.2) is 5.11 Å². The van der Waals surface area contributed by atoms with Crippen molar-refractivity contribution in [3.05, 3.63) is 58.6 Å². The molecule has 0 aliphatic carbocycles. The molecule has 0 saturated carbocycles. The van der Waals surface area contributed by atoms with Gasteiger partial charge in [-0.2, -0.15) is 0 Å². The SMILES string of the molecule is COc1cc([N+](=O)[O-])ccc1NC(=S)Nc1ccccc1. The Morgan fingerprint density at radius 1 is 1.19 bits per heavy atom. The lowest BCUT2D eigenvalue weighted by atomic mass is 10.2. The van der Waals surface area contributed by atoms with Crippen LogP contribution < -0.4 is 15.4 Å². The molecule has 7 heteroatoms. The molecule has 0 saturated heterocycles. The molecule has 21 heavy (non-hydrogen) atoms. The maximum absolute atomic E-state index is 10.7. The highest BCUT2D eigenvalue weighted by molar-refractivity contribution is 7.80. The van der Waals surface area contributed by atoms with E-state index in [1.165, 1.54) is 19.2 Å². The molecule has 108 valence electrons. The van der Waals surface area contributed by atoms with Crippen molar-refractivity contribution in [1.82, 2.24) is 0 Å². The first-order valence-electron chi connectivity index (χ1n) is 6.05. The van der Waals surface area contributed by atoms with E-state index in [1.54, 1.807) is 6.07 Å². The zero-order valence-corrected chi connectivity index (χ0v) is 12.0. The fourth-order valence-electron chi connectivity index (χ4n) is 1.70. The minimum absolute atomic E-state index is 0.0423. The third kappa shape index (κ3) is 3.90. The minimum atomic E-state index is -0.479. The molecular formula is C14H13N3O3S. The number of thiocarbonyl (C=S) groups is 1. The van der Waals surface area contributed by atoms with Crippen molar-refractivity contribution in [2.45, 2.75) is 0 Å². The van der Waals surface area contributed by atoms with Crippen LogP contribution in [0.1, 0.15) is 0 Å². The lowest BCUT2D eigenvalue weighted by Gasteiger charge is -2.13. The Labute approximate surface area is 126 Å². The third-order valence-electron chi connectivity index (χ3n) is 2.68. The van der Waals surface area contributed by atoms with Gasteiger partial charge in [0.1, 0.15) is 5.75 Å². The number of benzene rings is 2. The van der Waals surface area contributed by atoms with E-state index in [-0.39, 0.29) is 5.69 Å². The highest BCUT2D eigenvalue weighted by Gasteiger charge is 2.12. The molecule has 0 aromatic heterocycles. The summed E-state index contributed by atoms with van der Waals surface area (Å²) < 4.78 is 5.13. The molecule has 0 aliphatic heterocycles. The Morgan fingerprint density at radius 3 is 2.52 bits per heavy atom. The van der Waals surface area contributed by atoms with Crippen molar-refractivity contribution in [3.8, 4) is 5.75 Å². The van der Waals surface area contributed by atoms with E-state index in [9.17, 15) is 10.1 Å². The van der Waals surface area contributed by atoms with Gasteiger partial charge in [0.05, 0.1) is 23.8 Å². The van der Waals surface area contributed by atoms with E-state index in [4.69, 9.17) is 17.0 Å². The number of hydrogen-bond donors (Lipinski definition) is 2. The van der Waals surface area contributed by atoms with E-state index in [1.807, 2.05) is 30.3 Å². The third-order valence-corrected chi connectivity index (χ3v) is 2.88. The quantitative estimate of drug-likeness (QED) is 0.512. The zero-order chi connectivity index (χ0) is 15.2. The summed E-state index contributed by atoms with van der Waals surface area (Å²) in [5.74, 6) is 0.349. The molecule has 0 spiro atoms. The summed E-state index contributed by atoms with van der Waals surface area (Å²) in [6, 6.07) is 13.7. The molecular weight excluding hydrogens is 290 g/mol. The lowest BCUT2D eigenvalue weighted by Crippen LogP contribution is -2.19. The summed E-state index contributed by atoms with van der Waals surface area (Å²) in [5.41, 5.74) is 1.35. The largest absolute Gasteiger partial charge is 0.494 e. The second-order valence-corrected chi connectivity index (χ2v) is 4.50. The fraction of sp³-hybridized carbons (Fsp3) is 0.0714. The summed E-state index contributed by atoms with van der Waals surface area (Å²) >= 11 is 5.20. The van der Waals surface area contributed by atoms with Crippen LogP contribution in [-0.4, -0.2) is 17.1 Å². The van der Waals surface area contributed by atoms with E-state index < -0.39 is 4.92 Å². The van der Waals surface area contributed by atoms with Crippen LogP contribution in [0.2, 0.25) is 0 Å². The number of nitro groups is 1. The van der Waals surface area contributed by atoms with Crippen molar-refractivity contribution < 1.29 is 9.66 Å². The summed E-state index contributed by atoms with van der Waals surface area (Å²) in [4.78, 5) is 10.3. The Kier molecular flexibility index (Phi) is 4.68. The molecule has 2 aromatic carbocycles. The lowest BCUT2D eigenvalue weighted by molar-refractivity contribution is -0.384. The van der Waals surface area contributed by atoms with Crippen LogP contribution in [-0.2, 0) is 0 Å². The van der Waals surface area contributed by atoms with Gasteiger partial charge in [-0.05, 0) is 30.4 Å². The van der Waals surface area contributed by atoms with Gasteiger partial charge in [0.25, 0.3) is 5.69 Å². The summed E-state index contributed by atoms with van der Waals surface area (Å²) in [7, 11) is 1.44. The predicted molar refractivity (Wildman–Crippen MR) is 85.9 cm³/mol. The average molecular weight is 303 g/mol. The van der Waals surface area contributed by atoms with Crippen LogP contribution in [0.5, 0.6) is 5.75 Å².